The lowest BCUT2D eigenvalue weighted by Crippen LogP contribution is -2.35. The van der Waals surface area contributed by atoms with Gasteiger partial charge in [-0.1, -0.05) is 25.3 Å². The van der Waals surface area contributed by atoms with Crippen LogP contribution in [0.1, 0.15) is 27.2 Å². The molecule has 12 heteroatoms. The molecule has 3 unspecified atom stereocenters. The van der Waals surface area contributed by atoms with Crippen LogP contribution in [0.4, 0.5) is 5.82 Å². The molecule has 0 aliphatic heterocycles. The third kappa shape index (κ3) is 9.45. The molecule has 3 atom stereocenters. The number of allylic oxidation sites excluding steroid dienone is 4. The lowest BCUT2D eigenvalue weighted by Gasteiger charge is -2.24. The van der Waals surface area contributed by atoms with Crippen LogP contribution in [0.3, 0.4) is 0 Å². The predicted octanol–water partition coefficient (Wildman–Crippen LogP) is 2.56. The van der Waals surface area contributed by atoms with Gasteiger partial charge in [0, 0.05) is 19.9 Å². The Balaban J connectivity index is 2.84. The second-order valence-corrected chi connectivity index (χ2v) is 9.28. The van der Waals surface area contributed by atoms with Crippen LogP contribution in [-0.2, 0) is 34.9 Å². The highest BCUT2D eigenvalue weighted by molar-refractivity contribution is 7.61. The minimum Gasteiger partial charge on any atom is -0.462 e. The average molecular weight is 484 g/mol. The first kappa shape index (κ1) is 28.5. The molecule has 1 heterocycles. The fraction of sp³-hybridized carbons (Fsp3) is 0.476. The van der Waals surface area contributed by atoms with Crippen molar-refractivity contribution < 1.29 is 28.4 Å². The van der Waals surface area contributed by atoms with Gasteiger partial charge in [-0.25, -0.2) is 14.8 Å². The molecule has 33 heavy (non-hydrogen) atoms. The lowest BCUT2D eigenvalue weighted by molar-refractivity contribution is -0.226. The number of esters is 1. The Bertz CT molecular complexity index is 945. The van der Waals surface area contributed by atoms with Gasteiger partial charge in [-0.05, 0) is 39.3 Å². The summed E-state index contributed by atoms with van der Waals surface area (Å²) in [6, 6.07) is 0.553. The maximum absolute atomic E-state index is 13.5. The Morgan fingerprint density at radius 1 is 1.36 bits per heavy atom. The van der Waals surface area contributed by atoms with Crippen molar-refractivity contribution >= 4 is 19.3 Å². The second-order valence-electron chi connectivity index (χ2n) is 7.25. The molecule has 0 aromatic carbocycles. The van der Waals surface area contributed by atoms with E-state index in [1.807, 2.05) is 0 Å². The van der Waals surface area contributed by atoms with Crippen LogP contribution in [0.25, 0.3) is 0 Å². The number of nitrogens with zero attached hydrogens (tertiary/aromatic N) is 2. The molecule has 1 aromatic heterocycles. The van der Waals surface area contributed by atoms with E-state index in [9.17, 15) is 14.2 Å². The molecule has 184 valence electrons. The van der Waals surface area contributed by atoms with E-state index in [-0.39, 0.29) is 30.4 Å². The molecule has 1 rings (SSSR count). The molecule has 0 aliphatic rings. The quantitative estimate of drug-likeness (QED) is 0.125. The Labute approximate surface area is 193 Å². The number of rotatable bonds is 15. The summed E-state index contributed by atoms with van der Waals surface area (Å²) in [6.07, 6.45) is 5.21. The first-order chi connectivity index (χ1) is 15.6. The van der Waals surface area contributed by atoms with Gasteiger partial charge >= 0.3 is 19.2 Å². The Morgan fingerprint density at radius 2 is 2.06 bits per heavy atom. The fourth-order valence-electron chi connectivity index (χ4n) is 2.53. The van der Waals surface area contributed by atoms with Gasteiger partial charge in [0.25, 0.3) is 0 Å². The maximum atomic E-state index is 13.5. The summed E-state index contributed by atoms with van der Waals surface area (Å²) in [5.74, 6) is -0.468. The summed E-state index contributed by atoms with van der Waals surface area (Å²) in [5, 5.41) is 2.79. The summed E-state index contributed by atoms with van der Waals surface area (Å²) >= 11 is 0. The zero-order valence-corrected chi connectivity index (χ0v) is 20.3. The van der Waals surface area contributed by atoms with Gasteiger partial charge in [0.2, 0.25) is 0 Å². The number of nitrogen functional groups attached to an aromatic ring is 1. The van der Waals surface area contributed by atoms with Crippen molar-refractivity contribution in [1.29, 1.82) is 0 Å². The Kier molecular flexibility index (Phi) is 12.0. The van der Waals surface area contributed by atoms with E-state index in [0.717, 1.165) is 0 Å². The van der Waals surface area contributed by atoms with E-state index in [4.69, 9.17) is 24.8 Å². The van der Waals surface area contributed by atoms with Gasteiger partial charge in [0.15, 0.2) is 0 Å². The standard InChI is InChI=1S/C21H33N4O7P/c1-7-9-18(8-2)33(28,24-16(5)20(26)31-15(3)4)32-30-14-17(29-6)10-12-25-13-11-19(22)23-21(25)27/h7-9,11,13,15-17H,1-2,10,12,14H2,3-6H3,(H,24,28)(H2,22,23,27)/b18-9+. The molecule has 0 spiro atoms. The average Bonchev–Trinajstić information content (AvgIpc) is 2.74. The van der Waals surface area contributed by atoms with E-state index in [1.165, 1.54) is 49.1 Å². The van der Waals surface area contributed by atoms with Crippen LogP contribution < -0.4 is 16.5 Å². The minimum atomic E-state index is -3.89. The van der Waals surface area contributed by atoms with Gasteiger partial charge < -0.3 is 15.2 Å². The van der Waals surface area contributed by atoms with Crippen LogP contribution in [0.2, 0.25) is 0 Å². The molecule has 3 N–H and O–H groups in total. The number of nitrogens with two attached hydrogens (primary N) is 1. The number of aryl methyl sites for hydroxylation is 1. The smallest absolute Gasteiger partial charge is 0.349 e. The van der Waals surface area contributed by atoms with Gasteiger partial charge in [-0.2, -0.15) is 9.66 Å². The Hall–Kier alpha value is -2.56. The molecular formula is C21H33N4O7P. The van der Waals surface area contributed by atoms with Gasteiger partial charge in [0.1, 0.15) is 18.5 Å². The number of methoxy groups -OCH3 is 1. The third-order valence-electron chi connectivity index (χ3n) is 4.24. The van der Waals surface area contributed by atoms with Crippen molar-refractivity contribution in [3.63, 3.8) is 0 Å². The van der Waals surface area contributed by atoms with Gasteiger partial charge in [-0.15, -0.1) is 0 Å². The molecule has 0 fully saturated rings. The first-order valence-electron chi connectivity index (χ1n) is 10.3. The molecule has 0 aliphatic carbocycles. The number of aromatic nitrogens is 2. The second kappa shape index (κ2) is 13.9. The summed E-state index contributed by atoms with van der Waals surface area (Å²) in [6.45, 7) is 12.3. The molecule has 11 nitrogen and oxygen atoms in total. The van der Waals surface area contributed by atoms with Crippen molar-refractivity contribution in [1.82, 2.24) is 14.6 Å². The molecular weight excluding hydrogens is 451 g/mol. The van der Waals surface area contributed by atoms with E-state index >= 15 is 0 Å². The zero-order chi connectivity index (χ0) is 25.0. The van der Waals surface area contributed by atoms with Crippen molar-refractivity contribution in [2.24, 2.45) is 0 Å². The molecule has 0 saturated heterocycles. The van der Waals surface area contributed by atoms with Gasteiger partial charge in [0.05, 0.1) is 17.5 Å². The van der Waals surface area contributed by atoms with Crippen LogP contribution >= 0.6 is 7.52 Å². The topological polar surface area (TPSA) is 144 Å². The van der Waals surface area contributed by atoms with Gasteiger partial charge in [-0.3, -0.25) is 13.9 Å². The minimum absolute atomic E-state index is 0.108. The van der Waals surface area contributed by atoms with Crippen LogP contribution in [0.15, 0.2) is 53.8 Å². The third-order valence-corrected chi connectivity index (χ3v) is 6.29. The molecule has 0 saturated carbocycles. The number of carbonyl (C=O) groups is 1. The molecule has 0 radical (unpaired) electrons. The van der Waals surface area contributed by atoms with Crippen molar-refractivity contribution in [2.45, 2.75) is 52.0 Å². The van der Waals surface area contributed by atoms with Crippen molar-refractivity contribution in [3.8, 4) is 0 Å². The van der Waals surface area contributed by atoms with E-state index < -0.39 is 31.3 Å². The molecule has 0 amide bonds. The highest BCUT2D eigenvalue weighted by Crippen LogP contribution is 2.52. The number of carbonyl (C=O) groups excluding carboxylic acids is 1. The largest absolute Gasteiger partial charge is 0.462 e. The SMILES string of the molecule is C=C/C=C(\C=C)P(=O)(NC(C)C(=O)OC(C)C)OOCC(CCn1ccc(N)nc1=O)OC. The number of ether oxygens (including phenoxy) is 2. The number of nitrogens with one attached hydrogen (secondary N) is 1. The van der Waals surface area contributed by atoms with Crippen molar-refractivity contribution in [3.05, 3.63) is 59.4 Å². The van der Waals surface area contributed by atoms with Crippen LogP contribution in [0.5, 0.6) is 0 Å². The number of hydrogen-bond acceptors (Lipinski definition) is 9. The summed E-state index contributed by atoms with van der Waals surface area (Å²) < 4.78 is 30.6. The highest BCUT2D eigenvalue weighted by atomic mass is 31.2. The zero-order valence-electron chi connectivity index (χ0n) is 19.4. The van der Waals surface area contributed by atoms with Crippen LogP contribution in [0, 0.1) is 0 Å². The van der Waals surface area contributed by atoms with E-state index in [1.54, 1.807) is 13.8 Å². The van der Waals surface area contributed by atoms with E-state index in [0.29, 0.717) is 6.42 Å². The summed E-state index contributed by atoms with van der Waals surface area (Å²) in [4.78, 5) is 32.9. The van der Waals surface area contributed by atoms with Crippen molar-refractivity contribution in [2.75, 3.05) is 19.5 Å². The summed E-state index contributed by atoms with van der Waals surface area (Å²) in [5.41, 5.74) is 5.00. The normalized spacial score (nSPS) is 15.5. The molecule has 0 bridgehead atoms. The lowest BCUT2D eigenvalue weighted by atomic mass is 10.2. The number of hydrogen-bond donors (Lipinski definition) is 2. The highest BCUT2D eigenvalue weighted by Gasteiger charge is 2.33. The summed E-state index contributed by atoms with van der Waals surface area (Å²) in [7, 11) is -2.43. The fourth-order valence-corrected chi connectivity index (χ4v) is 4.18. The predicted molar refractivity (Wildman–Crippen MR) is 125 cm³/mol. The monoisotopic (exact) mass is 484 g/mol. The van der Waals surface area contributed by atoms with E-state index in [2.05, 4.69) is 23.2 Å². The first-order valence-corrected chi connectivity index (χ1v) is 11.9. The Morgan fingerprint density at radius 3 is 2.61 bits per heavy atom. The molecule has 1 aromatic rings. The van der Waals surface area contributed by atoms with Crippen LogP contribution in [-0.4, -0.2) is 47.5 Å². The maximum Gasteiger partial charge on any atom is 0.349 e. The number of anilines is 1.